The van der Waals surface area contributed by atoms with Crippen molar-refractivity contribution in [3.05, 3.63) is 36.0 Å². The molecule has 3 aromatic rings. The minimum Gasteiger partial charge on any atom is -0.497 e. The number of nitrogens with one attached hydrogen (secondary N) is 1. The van der Waals surface area contributed by atoms with E-state index < -0.39 is 0 Å². The topological polar surface area (TPSA) is 37.9 Å². The summed E-state index contributed by atoms with van der Waals surface area (Å²) in [5, 5.41) is 4.16. The van der Waals surface area contributed by atoms with Gasteiger partial charge in [0.2, 0.25) is 0 Å². The van der Waals surface area contributed by atoms with Crippen LogP contribution in [-0.2, 0) is 0 Å². The van der Waals surface area contributed by atoms with E-state index in [2.05, 4.69) is 9.97 Å². The highest BCUT2D eigenvalue weighted by Crippen LogP contribution is 2.31. The van der Waals surface area contributed by atoms with Crippen LogP contribution in [0.15, 0.2) is 36.0 Å². The van der Waals surface area contributed by atoms with Gasteiger partial charge in [-0.1, -0.05) is 0 Å². The third-order valence-corrected chi connectivity index (χ3v) is 3.36. The normalized spacial score (nSPS) is 10.8. The Kier molecular flexibility index (Phi) is 2.15. The van der Waals surface area contributed by atoms with Gasteiger partial charge in [-0.15, -0.1) is 11.3 Å². The molecule has 0 amide bonds. The molecule has 0 aliphatic heterocycles. The molecule has 0 aliphatic rings. The monoisotopic (exact) mass is 230 g/mol. The van der Waals surface area contributed by atoms with Crippen LogP contribution in [0, 0.1) is 0 Å². The molecule has 0 radical (unpaired) electrons. The second kappa shape index (κ2) is 3.64. The van der Waals surface area contributed by atoms with Gasteiger partial charge in [-0.3, -0.25) is 0 Å². The molecule has 1 N–H and O–H groups in total. The van der Waals surface area contributed by atoms with Crippen molar-refractivity contribution in [3.8, 4) is 16.3 Å². The van der Waals surface area contributed by atoms with Gasteiger partial charge in [0.25, 0.3) is 0 Å². The molecule has 0 saturated carbocycles. The fraction of sp³-hybridized carbons (Fsp3) is 0.0833. The molecule has 0 bridgehead atoms. The van der Waals surface area contributed by atoms with Crippen LogP contribution in [0.4, 0.5) is 0 Å². The van der Waals surface area contributed by atoms with Gasteiger partial charge in [0.05, 0.1) is 7.11 Å². The summed E-state index contributed by atoms with van der Waals surface area (Å²) in [4.78, 5) is 7.56. The van der Waals surface area contributed by atoms with Gasteiger partial charge >= 0.3 is 0 Å². The number of aromatic amines is 1. The molecular formula is C12H10N2OS. The molecule has 80 valence electrons. The van der Waals surface area contributed by atoms with Crippen LogP contribution in [0.2, 0.25) is 0 Å². The molecule has 0 atom stereocenters. The predicted molar refractivity (Wildman–Crippen MR) is 66.0 cm³/mol. The molecule has 2 aromatic heterocycles. The van der Waals surface area contributed by atoms with Crippen molar-refractivity contribution >= 4 is 22.2 Å². The van der Waals surface area contributed by atoms with Gasteiger partial charge in [0.1, 0.15) is 10.8 Å². The van der Waals surface area contributed by atoms with Gasteiger partial charge in [0.15, 0.2) is 0 Å². The standard InChI is InChI=1S/C12H10N2OS/c1-15-8-2-3-11-9(6-8)10(7-14-11)12-13-4-5-16-12/h2-7,14H,1H3. The Morgan fingerprint density at radius 2 is 2.31 bits per heavy atom. The average Bonchev–Trinajstić information content (AvgIpc) is 2.96. The van der Waals surface area contributed by atoms with E-state index in [4.69, 9.17) is 4.74 Å². The van der Waals surface area contributed by atoms with E-state index in [9.17, 15) is 0 Å². The summed E-state index contributed by atoms with van der Waals surface area (Å²) in [5.74, 6) is 0.866. The zero-order valence-electron chi connectivity index (χ0n) is 8.73. The summed E-state index contributed by atoms with van der Waals surface area (Å²) in [6.07, 6.45) is 3.81. The lowest BCUT2D eigenvalue weighted by Gasteiger charge is -1.99. The Bertz CT molecular complexity index is 613. The van der Waals surface area contributed by atoms with Crippen molar-refractivity contribution in [3.63, 3.8) is 0 Å². The minimum atomic E-state index is 0.866. The Balaban J connectivity index is 2.25. The van der Waals surface area contributed by atoms with E-state index in [0.29, 0.717) is 0 Å². The van der Waals surface area contributed by atoms with E-state index in [-0.39, 0.29) is 0 Å². The third kappa shape index (κ3) is 1.39. The summed E-state index contributed by atoms with van der Waals surface area (Å²) in [7, 11) is 1.68. The summed E-state index contributed by atoms with van der Waals surface area (Å²) in [6.45, 7) is 0. The average molecular weight is 230 g/mol. The zero-order chi connectivity index (χ0) is 11.0. The van der Waals surface area contributed by atoms with Crippen molar-refractivity contribution in [2.75, 3.05) is 7.11 Å². The molecule has 3 rings (SSSR count). The molecule has 1 aromatic carbocycles. The molecule has 2 heterocycles. The van der Waals surface area contributed by atoms with Crippen LogP contribution in [0.3, 0.4) is 0 Å². The maximum Gasteiger partial charge on any atom is 0.125 e. The number of thiazole rings is 1. The Morgan fingerprint density at radius 3 is 3.06 bits per heavy atom. The van der Waals surface area contributed by atoms with Crippen LogP contribution in [-0.4, -0.2) is 17.1 Å². The maximum absolute atomic E-state index is 5.23. The van der Waals surface area contributed by atoms with Crippen molar-refractivity contribution < 1.29 is 4.74 Å². The molecule has 0 spiro atoms. The number of nitrogens with zero attached hydrogens (tertiary/aromatic N) is 1. The number of fused-ring (bicyclic) bond motifs is 1. The van der Waals surface area contributed by atoms with E-state index >= 15 is 0 Å². The number of benzene rings is 1. The van der Waals surface area contributed by atoms with Crippen LogP contribution in [0.25, 0.3) is 21.5 Å². The molecule has 0 saturated heterocycles. The van der Waals surface area contributed by atoms with Gasteiger partial charge < -0.3 is 9.72 Å². The van der Waals surface area contributed by atoms with Crippen LogP contribution in [0.5, 0.6) is 5.75 Å². The van der Waals surface area contributed by atoms with Gasteiger partial charge in [0, 0.05) is 34.2 Å². The van der Waals surface area contributed by atoms with E-state index in [1.54, 1.807) is 18.4 Å². The quantitative estimate of drug-likeness (QED) is 0.733. The molecule has 0 unspecified atom stereocenters. The fourth-order valence-corrected chi connectivity index (χ4v) is 2.43. The zero-order valence-corrected chi connectivity index (χ0v) is 9.54. The SMILES string of the molecule is COc1ccc2[nH]cc(-c3nccs3)c2c1. The lowest BCUT2D eigenvalue weighted by atomic mass is 10.2. The van der Waals surface area contributed by atoms with E-state index in [1.807, 2.05) is 36.0 Å². The first-order valence-electron chi connectivity index (χ1n) is 4.93. The van der Waals surface area contributed by atoms with Crippen LogP contribution < -0.4 is 4.74 Å². The number of aromatic nitrogens is 2. The molecule has 4 heteroatoms. The molecule has 16 heavy (non-hydrogen) atoms. The van der Waals surface area contributed by atoms with Crippen molar-refractivity contribution in [2.45, 2.75) is 0 Å². The van der Waals surface area contributed by atoms with E-state index in [1.165, 1.54) is 0 Å². The number of rotatable bonds is 2. The highest BCUT2D eigenvalue weighted by molar-refractivity contribution is 7.13. The van der Waals surface area contributed by atoms with E-state index in [0.717, 1.165) is 27.2 Å². The molecule has 3 nitrogen and oxygen atoms in total. The Morgan fingerprint density at radius 1 is 1.38 bits per heavy atom. The van der Waals surface area contributed by atoms with Crippen molar-refractivity contribution in [2.24, 2.45) is 0 Å². The first-order valence-corrected chi connectivity index (χ1v) is 5.81. The minimum absolute atomic E-state index is 0.866. The van der Waals surface area contributed by atoms with Crippen LogP contribution in [0.1, 0.15) is 0 Å². The van der Waals surface area contributed by atoms with Crippen LogP contribution >= 0.6 is 11.3 Å². The third-order valence-electron chi connectivity index (χ3n) is 2.55. The molecule has 0 fully saturated rings. The fourth-order valence-electron chi connectivity index (χ4n) is 1.76. The summed E-state index contributed by atoms with van der Waals surface area (Å²) < 4.78 is 5.23. The number of methoxy groups -OCH3 is 1. The first-order chi connectivity index (χ1) is 7.88. The maximum atomic E-state index is 5.23. The second-order valence-electron chi connectivity index (χ2n) is 3.45. The number of H-pyrrole nitrogens is 1. The lowest BCUT2D eigenvalue weighted by molar-refractivity contribution is 0.415. The number of hydrogen-bond acceptors (Lipinski definition) is 3. The largest absolute Gasteiger partial charge is 0.497 e. The Hall–Kier alpha value is -1.81. The summed E-state index contributed by atoms with van der Waals surface area (Å²) in [6, 6.07) is 6.00. The molecule has 0 aliphatic carbocycles. The number of hydrogen-bond donors (Lipinski definition) is 1. The summed E-state index contributed by atoms with van der Waals surface area (Å²) >= 11 is 1.64. The van der Waals surface area contributed by atoms with Gasteiger partial charge in [-0.05, 0) is 18.2 Å². The van der Waals surface area contributed by atoms with Crippen molar-refractivity contribution in [1.29, 1.82) is 0 Å². The number of ether oxygens (including phenoxy) is 1. The second-order valence-corrected chi connectivity index (χ2v) is 4.35. The predicted octanol–water partition coefficient (Wildman–Crippen LogP) is 3.30. The highest BCUT2D eigenvalue weighted by atomic mass is 32.1. The molecular weight excluding hydrogens is 220 g/mol. The van der Waals surface area contributed by atoms with Crippen molar-refractivity contribution in [1.82, 2.24) is 9.97 Å². The summed E-state index contributed by atoms with van der Waals surface area (Å²) in [5.41, 5.74) is 2.23. The van der Waals surface area contributed by atoms with Gasteiger partial charge in [-0.25, -0.2) is 4.98 Å². The smallest absolute Gasteiger partial charge is 0.125 e. The highest BCUT2D eigenvalue weighted by Gasteiger charge is 2.08. The van der Waals surface area contributed by atoms with Gasteiger partial charge in [-0.2, -0.15) is 0 Å². The lowest BCUT2D eigenvalue weighted by Crippen LogP contribution is -1.81. The first kappa shape index (κ1) is 9.42. The Labute approximate surface area is 96.7 Å².